The van der Waals surface area contributed by atoms with Crippen LogP contribution >= 0.6 is 27.3 Å². The van der Waals surface area contributed by atoms with Gasteiger partial charge in [0, 0.05) is 13.1 Å². The molecule has 0 saturated heterocycles. The third-order valence-electron chi connectivity index (χ3n) is 2.68. The fraction of sp³-hybridized carbons (Fsp3) is 0.800. The number of anilines is 1. The summed E-state index contributed by atoms with van der Waals surface area (Å²) in [5, 5.41) is 9.17. The SMILES string of the molecule is CCC(CC)CN(CC)c1nnc(Br)s1. The van der Waals surface area contributed by atoms with Crippen LogP contribution in [-0.2, 0) is 0 Å². The lowest BCUT2D eigenvalue weighted by atomic mass is 10.0. The molecule has 0 aliphatic carbocycles. The zero-order chi connectivity index (χ0) is 11.3. The van der Waals surface area contributed by atoms with Crippen LogP contribution in [0, 0.1) is 5.92 Å². The van der Waals surface area contributed by atoms with Crippen molar-refractivity contribution in [2.75, 3.05) is 18.0 Å². The molecule has 15 heavy (non-hydrogen) atoms. The summed E-state index contributed by atoms with van der Waals surface area (Å²) in [5.74, 6) is 0.757. The van der Waals surface area contributed by atoms with E-state index in [0.717, 1.165) is 28.1 Å². The Morgan fingerprint density at radius 2 is 1.93 bits per heavy atom. The first-order valence-electron chi connectivity index (χ1n) is 5.45. The molecule has 0 aromatic carbocycles. The molecular weight excluding hydrogens is 274 g/mol. The molecule has 0 unspecified atom stereocenters. The molecule has 0 bridgehead atoms. The van der Waals surface area contributed by atoms with Crippen LogP contribution in [0.15, 0.2) is 3.92 Å². The lowest BCUT2D eigenvalue weighted by Crippen LogP contribution is -2.28. The number of hydrogen-bond donors (Lipinski definition) is 0. The summed E-state index contributed by atoms with van der Waals surface area (Å²) in [6.07, 6.45) is 2.46. The van der Waals surface area contributed by atoms with Crippen molar-refractivity contribution in [2.24, 2.45) is 5.92 Å². The molecule has 5 heteroatoms. The summed E-state index contributed by atoms with van der Waals surface area (Å²) < 4.78 is 0.862. The van der Waals surface area contributed by atoms with E-state index >= 15 is 0 Å². The Labute approximate surface area is 104 Å². The van der Waals surface area contributed by atoms with E-state index in [0.29, 0.717) is 0 Å². The van der Waals surface area contributed by atoms with E-state index in [1.165, 1.54) is 12.8 Å². The molecule has 3 nitrogen and oxygen atoms in total. The number of hydrogen-bond acceptors (Lipinski definition) is 4. The number of aromatic nitrogens is 2. The Balaban J connectivity index is 2.63. The van der Waals surface area contributed by atoms with Crippen LogP contribution < -0.4 is 4.90 Å². The van der Waals surface area contributed by atoms with Gasteiger partial charge in [-0.25, -0.2) is 0 Å². The maximum atomic E-state index is 4.16. The lowest BCUT2D eigenvalue weighted by molar-refractivity contribution is 0.485. The van der Waals surface area contributed by atoms with Gasteiger partial charge in [0.2, 0.25) is 5.13 Å². The molecule has 1 heterocycles. The van der Waals surface area contributed by atoms with Crippen LogP contribution in [0.1, 0.15) is 33.6 Å². The van der Waals surface area contributed by atoms with E-state index in [1.54, 1.807) is 11.3 Å². The highest BCUT2D eigenvalue weighted by molar-refractivity contribution is 9.11. The molecular formula is C10H18BrN3S. The second-order valence-corrected chi connectivity index (χ2v) is 5.79. The normalized spacial score (nSPS) is 11.0. The van der Waals surface area contributed by atoms with Gasteiger partial charge in [-0.2, -0.15) is 0 Å². The van der Waals surface area contributed by atoms with Gasteiger partial charge in [-0.15, -0.1) is 10.2 Å². The molecule has 0 amide bonds. The zero-order valence-electron chi connectivity index (χ0n) is 9.53. The second-order valence-electron chi connectivity index (χ2n) is 3.56. The minimum atomic E-state index is 0.757. The van der Waals surface area contributed by atoms with E-state index in [1.807, 2.05) is 0 Å². The Hall–Kier alpha value is -0.160. The van der Waals surface area contributed by atoms with Gasteiger partial charge in [0.15, 0.2) is 3.92 Å². The second kappa shape index (κ2) is 6.43. The predicted molar refractivity (Wildman–Crippen MR) is 69.6 cm³/mol. The van der Waals surface area contributed by atoms with E-state index in [9.17, 15) is 0 Å². The van der Waals surface area contributed by atoms with Crippen LogP contribution in [0.5, 0.6) is 0 Å². The van der Waals surface area contributed by atoms with Gasteiger partial charge >= 0.3 is 0 Å². The van der Waals surface area contributed by atoms with Gasteiger partial charge in [0.1, 0.15) is 0 Å². The lowest BCUT2D eigenvalue weighted by Gasteiger charge is -2.24. The van der Waals surface area contributed by atoms with E-state index < -0.39 is 0 Å². The monoisotopic (exact) mass is 291 g/mol. The van der Waals surface area contributed by atoms with Crippen molar-refractivity contribution in [1.82, 2.24) is 10.2 Å². The topological polar surface area (TPSA) is 29.0 Å². The summed E-state index contributed by atoms with van der Waals surface area (Å²) in [5.41, 5.74) is 0. The smallest absolute Gasteiger partial charge is 0.209 e. The number of nitrogens with zero attached hydrogens (tertiary/aromatic N) is 3. The van der Waals surface area contributed by atoms with Crippen LogP contribution in [0.25, 0.3) is 0 Å². The first kappa shape index (κ1) is 12.9. The molecule has 0 aliphatic heterocycles. The summed E-state index contributed by atoms with van der Waals surface area (Å²) in [6, 6.07) is 0. The van der Waals surface area contributed by atoms with Crippen molar-refractivity contribution >= 4 is 32.4 Å². The minimum Gasteiger partial charge on any atom is -0.347 e. The van der Waals surface area contributed by atoms with Crippen LogP contribution in [0.4, 0.5) is 5.13 Å². The first-order valence-corrected chi connectivity index (χ1v) is 7.06. The summed E-state index contributed by atoms with van der Waals surface area (Å²) in [4.78, 5) is 2.31. The van der Waals surface area contributed by atoms with Crippen molar-refractivity contribution in [3.05, 3.63) is 3.92 Å². The standard InChI is InChI=1S/C10H18BrN3S/c1-4-8(5-2)7-14(6-3)10-13-12-9(11)15-10/h8H,4-7H2,1-3H3. The van der Waals surface area contributed by atoms with E-state index in [4.69, 9.17) is 0 Å². The molecule has 1 aromatic heterocycles. The maximum Gasteiger partial charge on any atom is 0.209 e. The van der Waals surface area contributed by atoms with Crippen molar-refractivity contribution in [1.29, 1.82) is 0 Å². The molecule has 86 valence electrons. The van der Waals surface area contributed by atoms with Gasteiger partial charge in [0.25, 0.3) is 0 Å². The average Bonchev–Trinajstić information content (AvgIpc) is 2.67. The molecule has 1 rings (SSSR count). The Morgan fingerprint density at radius 1 is 1.27 bits per heavy atom. The molecule has 0 atom stereocenters. The molecule has 0 aliphatic rings. The Bertz CT molecular complexity index is 286. The summed E-state index contributed by atoms with van der Waals surface area (Å²) in [6.45, 7) is 8.75. The minimum absolute atomic E-state index is 0.757. The van der Waals surface area contributed by atoms with E-state index in [2.05, 4.69) is 51.8 Å². The summed E-state index contributed by atoms with van der Waals surface area (Å²) >= 11 is 4.95. The van der Waals surface area contributed by atoms with Crippen molar-refractivity contribution in [3.63, 3.8) is 0 Å². The van der Waals surface area contributed by atoms with Crippen molar-refractivity contribution < 1.29 is 0 Å². The number of rotatable bonds is 6. The Kier molecular flexibility index (Phi) is 5.53. The molecule has 1 aromatic rings. The third kappa shape index (κ3) is 3.72. The Morgan fingerprint density at radius 3 is 2.33 bits per heavy atom. The molecule has 0 saturated carbocycles. The van der Waals surface area contributed by atoms with Crippen LogP contribution in [0.2, 0.25) is 0 Å². The van der Waals surface area contributed by atoms with Crippen molar-refractivity contribution in [2.45, 2.75) is 33.6 Å². The fourth-order valence-electron chi connectivity index (χ4n) is 1.53. The number of halogens is 1. The molecule has 0 N–H and O–H groups in total. The van der Waals surface area contributed by atoms with Gasteiger partial charge in [-0.1, -0.05) is 38.0 Å². The van der Waals surface area contributed by atoms with Crippen LogP contribution in [-0.4, -0.2) is 23.3 Å². The molecule has 0 radical (unpaired) electrons. The quantitative estimate of drug-likeness (QED) is 0.802. The van der Waals surface area contributed by atoms with Crippen LogP contribution in [0.3, 0.4) is 0 Å². The van der Waals surface area contributed by atoms with Gasteiger partial charge in [-0.05, 0) is 28.8 Å². The fourth-order valence-corrected chi connectivity index (χ4v) is 2.69. The highest BCUT2D eigenvalue weighted by Gasteiger charge is 2.14. The van der Waals surface area contributed by atoms with Gasteiger partial charge in [0.05, 0.1) is 0 Å². The zero-order valence-corrected chi connectivity index (χ0v) is 11.9. The van der Waals surface area contributed by atoms with E-state index in [-0.39, 0.29) is 0 Å². The molecule has 0 spiro atoms. The largest absolute Gasteiger partial charge is 0.347 e. The third-order valence-corrected chi connectivity index (χ3v) is 4.09. The predicted octanol–water partition coefficient (Wildman–Crippen LogP) is 3.56. The van der Waals surface area contributed by atoms with Crippen molar-refractivity contribution in [3.8, 4) is 0 Å². The highest BCUT2D eigenvalue weighted by atomic mass is 79.9. The first-order chi connectivity index (χ1) is 7.21. The summed E-state index contributed by atoms with van der Waals surface area (Å²) in [7, 11) is 0. The highest BCUT2D eigenvalue weighted by Crippen LogP contribution is 2.25. The molecule has 0 fully saturated rings. The maximum absolute atomic E-state index is 4.16. The average molecular weight is 292 g/mol. The van der Waals surface area contributed by atoms with Gasteiger partial charge in [-0.3, -0.25) is 0 Å². The van der Waals surface area contributed by atoms with Gasteiger partial charge < -0.3 is 4.90 Å².